The predicted octanol–water partition coefficient (Wildman–Crippen LogP) is 2.57. The molecule has 1 aromatic carbocycles. The first kappa shape index (κ1) is 19.5. The van der Waals surface area contributed by atoms with Gasteiger partial charge in [-0.1, -0.05) is 13.0 Å². The maximum Gasteiger partial charge on any atom is 0.274 e. The molecule has 1 aliphatic rings. The molecule has 0 spiro atoms. The number of pyridine rings is 1. The fourth-order valence-electron chi connectivity index (χ4n) is 2.74. The lowest BCUT2D eigenvalue weighted by Gasteiger charge is -2.13. The summed E-state index contributed by atoms with van der Waals surface area (Å²) in [5, 5.41) is 7.90. The summed E-state index contributed by atoms with van der Waals surface area (Å²) in [5.41, 5.74) is 0.582. The predicted molar refractivity (Wildman–Crippen MR) is 102 cm³/mol. The molecule has 28 heavy (non-hydrogen) atoms. The van der Waals surface area contributed by atoms with Gasteiger partial charge in [0.05, 0.1) is 11.4 Å². The minimum absolute atomic E-state index is 0.0387. The summed E-state index contributed by atoms with van der Waals surface area (Å²) in [5.74, 6) is -1.04. The van der Waals surface area contributed by atoms with Gasteiger partial charge in [0.2, 0.25) is 11.8 Å². The molecule has 2 unspecified atom stereocenters. The minimum atomic E-state index is -0.554. The van der Waals surface area contributed by atoms with Gasteiger partial charge in [-0.05, 0) is 42.7 Å². The van der Waals surface area contributed by atoms with Crippen LogP contribution in [0.3, 0.4) is 0 Å². The Morgan fingerprint density at radius 3 is 2.61 bits per heavy atom. The average Bonchev–Trinajstić information content (AvgIpc) is 3.41. The Bertz CT molecular complexity index is 888. The molecule has 1 aliphatic carbocycles. The van der Waals surface area contributed by atoms with Crippen molar-refractivity contribution in [3.63, 3.8) is 0 Å². The third kappa shape index (κ3) is 5.12. The molecule has 1 fully saturated rings. The molecule has 8 heteroatoms. The second kappa shape index (κ2) is 8.60. The molecule has 1 aromatic heterocycles. The third-order valence-corrected chi connectivity index (χ3v) is 4.50. The maximum absolute atomic E-state index is 13.6. The van der Waals surface area contributed by atoms with E-state index in [0.717, 1.165) is 12.5 Å². The van der Waals surface area contributed by atoms with E-state index in [1.54, 1.807) is 18.2 Å². The number of hydrogen-bond donors (Lipinski definition) is 3. The van der Waals surface area contributed by atoms with Crippen molar-refractivity contribution in [2.75, 3.05) is 17.2 Å². The van der Waals surface area contributed by atoms with E-state index in [9.17, 15) is 18.8 Å². The van der Waals surface area contributed by atoms with E-state index in [0.29, 0.717) is 5.92 Å². The van der Waals surface area contributed by atoms with Gasteiger partial charge in [0.25, 0.3) is 5.91 Å². The zero-order valence-electron chi connectivity index (χ0n) is 15.4. The Hall–Kier alpha value is -3.29. The number of amides is 3. The number of halogens is 1. The molecular weight excluding hydrogens is 363 g/mol. The zero-order valence-corrected chi connectivity index (χ0v) is 15.4. The largest absolute Gasteiger partial charge is 0.355 e. The second-order valence-electron chi connectivity index (χ2n) is 6.77. The van der Waals surface area contributed by atoms with Crippen molar-refractivity contribution in [2.24, 2.45) is 11.8 Å². The third-order valence-electron chi connectivity index (χ3n) is 4.50. The molecular formula is C20H21FN4O3. The van der Waals surface area contributed by atoms with Gasteiger partial charge in [-0.25, -0.2) is 4.39 Å². The van der Waals surface area contributed by atoms with E-state index in [1.807, 2.05) is 6.92 Å². The number of nitrogens with one attached hydrogen (secondary N) is 3. The minimum Gasteiger partial charge on any atom is -0.355 e. The number of carbonyl (C=O) groups is 3. The molecule has 1 heterocycles. The van der Waals surface area contributed by atoms with E-state index in [2.05, 4.69) is 20.9 Å². The van der Waals surface area contributed by atoms with E-state index >= 15 is 0 Å². The molecule has 2 aromatic rings. The Labute approximate surface area is 161 Å². The Morgan fingerprint density at radius 1 is 1.14 bits per heavy atom. The number of carbonyl (C=O) groups excluding carboxylic acids is 3. The lowest BCUT2D eigenvalue weighted by atomic mass is 10.2. The van der Waals surface area contributed by atoms with Gasteiger partial charge in [0, 0.05) is 25.1 Å². The molecule has 7 nitrogen and oxygen atoms in total. The number of aromatic nitrogens is 1. The molecule has 0 saturated heterocycles. The second-order valence-corrected chi connectivity index (χ2v) is 6.77. The van der Waals surface area contributed by atoms with Crippen LogP contribution in [0.15, 0.2) is 42.6 Å². The first-order chi connectivity index (χ1) is 13.4. The summed E-state index contributed by atoms with van der Waals surface area (Å²) in [7, 11) is 0. The van der Waals surface area contributed by atoms with E-state index in [1.165, 1.54) is 18.3 Å². The van der Waals surface area contributed by atoms with Crippen LogP contribution >= 0.6 is 0 Å². The number of benzene rings is 1. The molecule has 2 atom stereocenters. The van der Waals surface area contributed by atoms with Crippen LogP contribution in [0.4, 0.5) is 15.8 Å². The summed E-state index contributed by atoms with van der Waals surface area (Å²) in [6.07, 6.45) is 2.40. The van der Waals surface area contributed by atoms with Crippen LogP contribution in [0.1, 0.15) is 30.3 Å². The van der Waals surface area contributed by atoms with Gasteiger partial charge in [-0.15, -0.1) is 0 Å². The van der Waals surface area contributed by atoms with Crippen LogP contribution < -0.4 is 16.0 Å². The quantitative estimate of drug-likeness (QED) is 0.683. The highest BCUT2D eigenvalue weighted by Gasteiger charge is 2.38. The average molecular weight is 384 g/mol. The van der Waals surface area contributed by atoms with Crippen molar-refractivity contribution in [1.82, 2.24) is 10.3 Å². The van der Waals surface area contributed by atoms with Crippen LogP contribution in [0.2, 0.25) is 0 Å². The fourth-order valence-corrected chi connectivity index (χ4v) is 2.74. The van der Waals surface area contributed by atoms with Crippen LogP contribution in [0, 0.1) is 17.7 Å². The van der Waals surface area contributed by atoms with Crippen LogP contribution in [0.25, 0.3) is 0 Å². The molecule has 0 bridgehead atoms. The number of rotatable bonds is 7. The van der Waals surface area contributed by atoms with Crippen LogP contribution in [-0.4, -0.2) is 29.3 Å². The van der Waals surface area contributed by atoms with Crippen molar-refractivity contribution < 1.29 is 18.8 Å². The Morgan fingerprint density at radius 2 is 1.93 bits per heavy atom. The molecule has 3 N–H and O–H groups in total. The summed E-state index contributed by atoms with van der Waals surface area (Å²) in [6, 6.07) is 8.56. The summed E-state index contributed by atoms with van der Waals surface area (Å²) in [6.45, 7) is 2.19. The van der Waals surface area contributed by atoms with E-state index in [4.69, 9.17) is 0 Å². The fraction of sp³-hybridized carbons (Fsp3) is 0.300. The number of hydrogen-bond acceptors (Lipinski definition) is 4. The highest BCUT2D eigenvalue weighted by molar-refractivity contribution is 6.06. The van der Waals surface area contributed by atoms with Gasteiger partial charge in [0.15, 0.2) is 0 Å². The summed E-state index contributed by atoms with van der Waals surface area (Å²) < 4.78 is 13.6. The lowest BCUT2D eigenvalue weighted by molar-refractivity contribution is -0.122. The van der Waals surface area contributed by atoms with Gasteiger partial charge in [0.1, 0.15) is 11.5 Å². The summed E-state index contributed by atoms with van der Waals surface area (Å²) in [4.78, 5) is 40.1. The standard InChI is InChI=1S/C20H21FN4O3/c1-12-10-14(12)19(27)23-9-7-18(26)24-17-11-13(21)5-6-15(17)25-20(28)16-4-2-3-8-22-16/h2-6,8,11-12,14H,7,9-10H2,1H3,(H,23,27)(H,24,26)(H,25,28). The van der Waals surface area contributed by atoms with Crippen molar-refractivity contribution in [2.45, 2.75) is 19.8 Å². The molecule has 3 amide bonds. The van der Waals surface area contributed by atoms with Crippen molar-refractivity contribution >= 4 is 29.1 Å². The van der Waals surface area contributed by atoms with Gasteiger partial charge in [-0.2, -0.15) is 0 Å². The van der Waals surface area contributed by atoms with Gasteiger partial charge in [-0.3, -0.25) is 19.4 Å². The molecule has 0 aliphatic heterocycles. The first-order valence-corrected chi connectivity index (χ1v) is 9.03. The van der Waals surface area contributed by atoms with Crippen molar-refractivity contribution in [3.8, 4) is 0 Å². The summed E-state index contributed by atoms with van der Waals surface area (Å²) >= 11 is 0. The molecule has 146 valence electrons. The lowest BCUT2D eigenvalue weighted by Crippen LogP contribution is -2.29. The maximum atomic E-state index is 13.6. The van der Waals surface area contributed by atoms with Gasteiger partial charge >= 0.3 is 0 Å². The number of nitrogens with zero attached hydrogens (tertiary/aromatic N) is 1. The van der Waals surface area contributed by atoms with Crippen LogP contribution in [-0.2, 0) is 9.59 Å². The highest BCUT2D eigenvalue weighted by atomic mass is 19.1. The number of anilines is 2. The zero-order chi connectivity index (χ0) is 20.1. The van der Waals surface area contributed by atoms with Crippen LogP contribution in [0.5, 0.6) is 0 Å². The monoisotopic (exact) mass is 384 g/mol. The molecule has 0 radical (unpaired) electrons. The van der Waals surface area contributed by atoms with Crippen molar-refractivity contribution in [3.05, 3.63) is 54.1 Å². The Balaban J connectivity index is 1.58. The topological polar surface area (TPSA) is 100 Å². The highest BCUT2D eigenvalue weighted by Crippen LogP contribution is 2.37. The van der Waals surface area contributed by atoms with E-state index < -0.39 is 17.6 Å². The normalized spacial score (nSPS) is 17.5. The molecule has 1 saturated carbocycles. The first-order valence-electron chi connectivity index (χ1n) is 9.03. The smallest absolute Gasteiger partial charge is 0.274 e. The SMILES string of the molecule is CC1CC1C(=O)NCCC(=O)Nc1cc(F)ccc1NC(=O)c1ccccn1. The Kier molecular flexibility index (Phi) is 5.98. The molecule has 3 rings (SSSR count). The van der Waals surface area contributed by atoms with Gasteiger partial charge < -0.3 is 16.0 Å². The van der Waals surface area contributed by atoms with Crippen molar-refractivity contribution in [1.29, 1.82) is 0 Å². The van der Waals surface area contributed by atoms with E-state index in [-0.39, 0.29) is 41.9 Å².